The quantitative estimate of drug-likeness (QED) is 0.583. The molecule has 1 saturated heterocycles. The number of hydroxylamine groups is 4. The molecule has 2 N–H and O–H groups in total. The monoisotopic (exact) mass is 160 g/mol. The zero-order chi connectivity index (χ0) is 8.43. The van der Waals surface area contributed by atoms with Gasteiger partial charge in [0.25, 0.3) is 0 Å². The van der Waals surface area contributed by atoms with Gasteiger partial charge in [0.2, 0.25) is 0 Å². The summed E-state index contributed by atoms with van der Waals surface area (Å²) in [4.78, 5) is 0. The van der Waals surface area contributed by atoms with Crippen molar-refractivity contribution in [3.63, 3.8) is 0 Å². The first-order valence-corrected chi connectivity index (χ1v) is 4.00. The van der Waals surface area contributed by atoms with Crippen LogP contribution in [0.5, 0.6) is 0 Å². The molecule has 1 heterocycles. The molecule has 0 saturated carbocycles. The van der Waals surface area contributed by atoms with Gasteiger partial charge in [0.05, 0.1) is 6.04 Å². The summed E-state index contributed by atoms with van der Waals surface area (Å²) in [5, 5.41) is 21.1. The van der Waals surface area contributed by atoms with Gasteiger partial charge in [-0.3, -0.25) is 0 Å². The molecule has 0 spiro atoms. The third-order valence-corrected chi connectivity index (χ3v) is 2.14. The maximum Gasteiger partial charge on any atom is 0.0524 e. The lowest BCUT2D eigenvalue weighted by molar-refractivity contribution is -0.221. The highest BCUT2D eigenvalue weighted by molar-refractivity contribution is 4.76. The summed E-state index contributed by atoms with van der Waals surface area (Å²) >= 11 is 0. The number of piperazine rings is 1. The van der Waals surface area contributed by atoms with Gasteiger partial charge < -0.3 is 10.4 Å². The van der Waals surface area contributed by atoms with Gasteiger partial charge in [-0.05, 0) is 5.92 Å². The number of hydrogen-bond donors (Lipinski definition) is 2. The second-order valence-corrected chi connectivity index (χ2v) is 3.39. The van der Waals surface area contributed by atoms with Crippen molar-refractivity contribution in [3.05, 3.63) is 0 Å². The summed E-state index contributed by atoms with van der Waals surface area (Å²) < 4.78 is 0. The first kappa shape index (κ1) is 8.93. The van der Waals surface area contributed by atoms with Gasteiger partial charge in [0.15, 0.2) is 0 Å². The average Bonchev–Trinajstić information content (AvgIpc) is 1.94. The highest BCUT2D eigenvalue weighted by atomic mass is 16.5. The minimum atomic E-state index is 0.0637. The van der Waals surface area contributed by atoms with Crippen molar-refractivity contribution >= 4 is 0 Å². The van der Waals surface area contributed by atoms with Crippen molar-refractivity contribution in [1.29, 1.82) is 0 Å². The standard InChI is InChI=1S/C7H16N2O2/c1-6(2)7-5-8(10)3-4-9(7)11/h6-7,10-11H,3-5H2,1-2H3. The molecule has 0 aromatic heterocycles. The van der Waals surface area contributed by atoms with Crippen LogP contribution in [0.4, 0.5) is 0 Å². The Kier molecular flexibility index (Phi) is 2.84. The van der Waals surface area contributed by atoms with E-state index in [9.17, 15) is 5.21 Å². The zero-order valence-electron chi connectivity index (χ0n) is 7.06. The Balaban J connectivity index is 2.47. The smallest absolute Gasteiger partial charge is 0.0524 e. The van der Waals surface area contributed by atoms with Crippen molar-refractivity contribution in [2.45, 2.75) is 19.9 Å². The van der Waals surface area contributed by atoms with Gasteiger partial charge in [0, 0.05) is 19.6 Å². The molecule has 1 aliphatic heterocycles. The minimum absolute atomic E-state index is 0.0637. The highest BCUT2D eigenvalue weighted by Gasteiger charge is 2.27. The first-order valence-electron chi connectivity index (χ1n) is 4.00. The summed E-state index contributed by atoms with van der Waals surface area (Å²) in [6.45, 7) is 5.66. The summed E-state index contributed by atoms with van der Waals surface area (Å²) in [6, 6.07) is 0.0637. The Hall–Kier alpha value is -0.160. The third kappa shape index (κ3) is 2.13. The fourth-order valence-corrected chi connectivity index (χ4v) is 1.34. The van der Waals surface area contributed by atoms with Crippen molar-refractivity contribution in [2.24, 2.45) is 5.92 Å². The van der Waals surface area contributed by atoms with Gasteiger partial charge in [-0.2, -0.15) is 10.1 Å². The number of nitrogens with zero attached hydrogens (tertiary/aromatic N) is 2. The summed E-state index contributed by atoms with van der Waals surface area (Å²) in [6.07, 6.45) is 0. The Morgan fingerprint density at radius 2 is 1.91 bits per heavy atom. The second kappa shape index (κ2) is 3.49. The van der Waals surface area contributed by atoms with E-state index in [1.165, 1.54) is 10.1 Å². The molecular weight excluding hydrogens is 144 g/mol. The lowest BCUT2D eigenvalue weighted by atomic mass is 10.0. The van der Waals surface area contributed by atoms with Gasteiger partial charge >= 0.3 is 0 Å². The molecular formula is C7H16N2O2. The van der Waals surface area contributed by atoms with Crippen LogP contribution < -0.4 is 0 Å². The maximum atomic E-state index is 9.35. The SMILES string of the molecule is CC(C)C1CN(O)CCN1O. The van der Waals surface area contributed by atoms with Gasteiger partial charge in [-0.25, -0.2) is 0 Å². The van der Waals surface area contributed by atoms with Crippen LogP contribution in [-0.2, 0) is 0 Å². The molecule has 4 heteroatoms. The molecule has 1 atom stereocenters. The largest absolute Gasteiger partial charge is 0.314 e. The summed E-state index contributed by atoms with van der Waals surface area (Å²) in [5.41, 5.74) is 0. The molecule has 0 aliphatic carbocycles. The van der Waals surface area contributed by atoms with Gasteiger partial charge in [-0.15, -0.1) is 0 Å². The van der Waals surface area contributed by atoms with Crippen LogP contribution >= 0.6 is 0 Å². The minimum Gasteiger partial charge on any atom is -0.314 e. The van der Waals surface area contributed by atoms with E-state index in [4.69, 9.17) is 5.21 Å². The van der Waals surface area contributed by atoms with E-state index < -0.39 is 0 Å². The van der Waals surface area contributed by atoms with E-state index >= 15 is 0 Å². The van der Waals surface area contributed by atoms with E-state index in [0.29, 0.717) is 25.6 Å². The highest BCUT2D eigenvalue weighted by Crippen LogP contribution is 2.13. The normalized spacial score (nSPS) is 29.7. The lowest BCUT2D eigenvalue weighted by Gasteiger charge is -2.36. The maximum absolute atomic E-state index is 9.35. The predicted octanol–water partition coefficient (Wildman–Crippen LogP) is 0.407. The van der Waals surface area contributed by atoms with Crippen molar-refractivity contribution < 1.29 is 10.4 Å². The van der Waals surface area contributed by atoms with Crippen LogP contribution in [0.1, 0.15) is 13.8 Å². The van der Waals surface area contributed by atoms with E-state index in [2.05, 4.69) is 0 Å². The molecule has 0 aromatic carbocycles. The summed E-state index contributed by atoms with van der Waals surface area (Å²) in [7, 11) is 0. The van der Waals surface area contributed by atoms with E-state index in [1.54, 1.807) is 0 Å². The molecule has 0 radical (unpaired) electrons. The molecule has 1 rings (SSSR count). The van der Waals surface area contributed by atoms with Crippen molar-refractivity contribution in [2.75, 3.05) is 19.6 Å². The number of hydrogen-bond acceptors (Lipinski definition) is 4. The molecule has 1 fully saturated rings. The predicted molar refractivity (Wildman–Crippen MR) is 40.5 cm³/mol. The molecule has 1 aliphatic rings. The van der Waals surface area contributed by atoms with E-state index in [1.807, 2.05) is 13.8 Å². The van der Waals surface area contributed by atoms with Crippen LogP contribution in [0.15, 0.2) is 0 Å². The molecule has 11 heavy (non-hydrogen) atoms. The first-order chi connectivity index (χ1) is 5.11. The molecule has 1 unspecified atom stereocenters. The second-order valence-electron chi connectivity index (χ2n) is 3.39. The molecule has 0 amide bonds. The van der Waals surface area contributed by atoms with Crippen molar-refractivity contribution in [3.8, 4) is 0 Å². The Bertz CT molecular complexity index is 130. The Morgan fingerprint density at radius 1 is 1.27 bits per heavy atom. The lowest BCUT2D eigenvalue weighted by Crippen LogP contribution is -2.52. The molecule has 4 nitrogen and oxygen atoms in total. The van der Waals surface area contributed by atoms with Crippen LogP contribution in [0.25, 0.3) is 0 Å². The number of rotatable bonds is 1. The topological polar surface area (TPSA) is 46.9 Å². The fourth-order valence-electron chi connectivity index (χ4n) is 1.34. The molecule has 0 bridgehead atoms. The summed E-state index contributed by atoms with van der Waals surface area (Å²) in [5.74, 6) is 0.370. The van der Waals surface area contributed by atoms with Crippen LogP contribution in [-0.4, -0.2) is 46.2 Å². The Labute approximate surface area is 66.9 Å². The molecule has 66 valence electrons. The zero-order valence-corrected chi connectivity index (χ0v) is 7.06. The van der Waals surface area contributed by atoms with E-state index in [-0.39, 0.29) is 6.04 Å². The van der Waals surface area contributed by atoms with Gasteiger partial charge in [0.1, 0.15) is 0 Å². The molecule has 0 aromatic rings. The average molecular weight is 160 g/mol. The van der Waals surface area contributed by atoms with Gasteiger partial charge in [-0.1, -0.05) is 13.8 Å². The third-order valence-electron chi connectivity index (χ3n) is 2.14. The van der Waals surface area contributed by atoms with Crippen LogP contribution in [0, 0.1) is 5.92 Å². The Morgan fingerprint density at radius 3 is 2.36 bits per heavy atom. The van der Waals surface area contributed by atoms with E-state index in [0.717, 1.165) is 0 Å². The van der Waals surface area contributed by atoms with Crippen molar-refractivity contribution in [1.82, 2.24) is 10.1 Å². The van der Waals surface area contributed by atoms with Crippen LogP contribution in [0.2, 0.25) is 0 Å². The van der Waals surface area contributed by atoms with Crippen LogP contribution in [0.3, 0.4) is 0 Å². The fraction of sp³-hybridized carbons (Fsp3) is 1.00.